The van der Waals surface area contributed by atoms with Gasteiger partial charge in [-0.1, -0.05) is 13.0 Å². The Morgan fingerprint density at radius 1 is 1.50 bits per heavy atom. The molecule has 1 aromatic heterocycles. The molecule has 0 fully saturated rings. The lowest BCUT2D eigenvalue weighted by atomic mass is 10.2. The van der Waals surface area contributed by atoms with Gasteiger partial charge in [-0.3, -0.25) is 9.48 Å². The number of carbonyl (C=O) groups excluding carboxylic acids is 1. The highest BCUT2D eigenvalue weighted by Crippen LogP contribution is 2.27. The zero-order valence-corrected chi connectivity index (χ0v) is 9.97. The molecule has 0 amide bonds. The molecule has 0 bridgehead atoms. The van der Waals surface area contributed by atoms with E-state index in [1.807, 2.05) is 6.92 Å². The number of carbonyl (C=O) groups is 1. The van der Waals surface area contributed by atoms with E-state index in [0.717, 1.165) is 13.0 Å². The summed E-state index contributed by atoms with van der Waals surface area (Å²) in [6.07, 6.45) is 4.68. The Morgan fingerprint density at radius 3 is 3.06 bits per heavy atom. The molecule has 0 saturated carbocycles. The van der Waals surface area contributed by atoms with Crippen molar-refractivity contribution in [3.8, 4) is 11.5 Å². The van der Waals surface area contributed by atoms with Gasteiger partial charge in [-0.25, -0.2) is 4.39 Å². The average Bonchev–Trinajstić information content (AvgIpc) is 2.80. The Labute approximate surface area is 104 Å². The van der Waals surface area contributed by atoms with Crippen LogP contribution in [0.15, 0.2) is 30.6 Å². The van der Waals surface area contributed by atoms with Crippen LogP contribution in [0.4, 0.5) is 4.39 Å². The van der Waals surface area contributed by atoms with E-state index in [2.05, 4.69) is 5.10 Å². The average molecular weight is 248 g/mol. The molecule has 1 heterocycles. The third-order valence-corrected chi connectivity index (χ3v) is 2.41. The van der Waals surface area contributed by atoms with E-state index in [4.69, 9.17) is 4.74 Å². The number of benzene rings is 1. The number of rotatable bonds is 5. The number of para-hydroxylation sites is 1. The van der Waals surface area contributed by atoms with Gasteiger partial charge in [-0.15, -0.1) is 0 Å². The predicted molar refractivity (Wildman–Crippen MR) is 64.4 cm³/mol. The molecule has 0 aliphatic heterocycles. The van der Waals surface area contributed by atoms with Crippen molar-refractivity contribution in [2.24, 2.45) is 0 Å². The number of halogens is 1. The van der Waals surface area contributed by atoms with Gasteiger partial charge in [0.25, 0.3) is 0 Å². The molecule has 0 spiro atoms. The lowest BCUT2D eigenvalue weighted by Crippen LogP contribution is -1.96. The predicted octanol–water partition coefficient (Wildman–Crippen LogP) is 3.04. The summed E-state index contributed by atoms with van der Waals surface area (Å²) in [4.78, 5) is 10.8. The highest BCUT2D eigenvalue weighted by molar-refractivity contribution is 5.79. The molecule has 94 valence electrons. The first kappa shape index (κ1) is 12.3. The van der Waals surface area contributed by atoms with Gasteiger partial charge in [0, 0.05) is 6.54 Å². The summed E-state index contributed by atoms with van der Waals surface area (Å²) in [5, 5.41) is 4.07. The van der Waals surface area contributed by atoms with Gasteiger partial charge >= 0.3 is 0 Å². The van der Waals surface area contributed by atoms with E-state index >= 15 is 0 Å². The number of aldehydes is 1. The molecule has 1 aromatic carbocycles. The number of aromatic nitrogens is 2. The minimum Gasteiger partial charge on any atom is -0.450 e. The third kappa shape index (κ3) is 2.56. The number of hydrogen-bond donors (Lipinski definition) is 0. The Balaban J connectivity index is 2.24. The fourth-order valence-electron chi connectivity index (χ4n) is 1.59. The van der Waals surface area contributed by atoms with Gasteiger partial charge in [-0.2, -0.15) is 5.10 Å². The monoisotopic (exact) mass is 248 g/mol. The van der Waals surface area contributed by atoms with Gasteiger partial charge in [0.2, 0.25) is 0 Å². The first-order valence-corrected chi connectivity index (χ1v) is 5.68. The van der Waals surface area contributed by atoms with E-state index in [-0.39, 0.29) is 11.3 Å². The lowest BCUT2D eigenvalue weighted by molar-refractivity contribution is 0.112. The second-order valence-corrected chi connectivity index (χ2v) is 3.82. The van der Waals surface area contributed by atoms with Gasteiger partial charge in [0.1, 0.15) is 0 Å². The van der Waals surface area contributed by atoms with Crippen LogP contribution in [0, 0.1) is 5.82 Å². The Morgan fingerprint density at radius 2 is 2.33 bits per heavy atom. The van der Waals surface area contributed by atoms with Crippen molar-refractivity contribution < 1.29 is 13.9 Å². The molecule has 0 aliphatic rings. The summed E-state index contributed by atoms with van der Waals surface area (Å²) in [6.45, 7) is 2.80. The molecule has 2 rings (SSSR count). The molecule has 0 atom stereocenters. The van der Waals surface area contributed by atoms with Crippen molar-refractivity contribution in [2.75, 3.05) is 0 Å². The molecule has 0 unspecified atom stereocenters. The standard InChI is InChI=1S/C13H13FN2O2/c1-2-6-16-8-11(7-15-16)18-13-10(9-17)4-3-5-12(13)14/h3-5,7-9H,2,6H2,1H3. The van der Waals surface area contributed by atoms with Crippen molar-refractivity contribution in [3.63, 3.8) is 0 Å². The lowest BCUT2D eigenvalue weighted by Gasteiger charge is -2.06. The number of nitrogens with zero attached hydrogens (tertiary/aromatic N) is 2. The first-order valence-electron chi connectivity index (χ1n) is 5.68. The topological polar surface area (TPSA) is 44.1 Å². The van der Waals surface area contributed by atoms with Crippen molar-refractivity contribution in [2.45, 2.75) is 19.9 Å². The van der Waals surface area contributed by atoms with Crippen LogP contribution in [-0.2, 0) is 6.54 Å². The van der Waals surface area contributed by atoms with E-state index in [9.17, 15) is 9.18 Å². The Kier molecular flexibility index (Phi) is 3.72. The molecule has 4 nitrogen and oxygen atoms in total. The summed E-state index contributed by atoms with van der Waals surface area (Å²) in [5.74, 6) is -0.219. The van der Waals surface area contributed by atoms with E-state index < -0.39 is 5.82 Å². The van der Waals surface area contributed by atoms with E-state index in [1.165, 1.54) is 24.4 Å². The first-order chi connectivity index (χ1) is 8.74. The second-order valence-electron chi connectivity index (χ2n) is 3.82. The van der Waals surface area contributed by atoms with E-state index in [1.54, 1.807) is 10.9 Å². The molecule has 0 saturated heterocycles. The highest BCUT2D eigenvalue weighted by atomic mass is 19.1. The fraction of sp³-hybridized carbons (Fsp3) is 0.231. The molecular weight excluding hydrogens is 235 g/mol. The molecule has 5 heteroatoms. The summed E-state index contributed by atoms with van der Waals surface area (Å²) in [7, 11) is 0. The SMILES string of the molecule is CCCn1cc(Oc2c(F)cccc2C=O)cn1. The van der Waals surface area contributed by atoms with Crippen LogP contribution < -0.4 is 4.74 Å². The Bertz CT molecular complexity index is 552. The van der Waals surface area contributed by atoms with Gasteiger partial charge in [-0.05, 0) is 18.6 Å². The van der Waals surface area contributed by atoms with Crippen molar-refractivity contribution in [1.29, 1.82) is 0 Å². The third-order valence-electron chi connectivity index (χ3n) is 2.41. The molecule has 0 radical (unpaired) electrons. The van der Waals surface area contributed by atoms with Gasteiger partial charge in [0.05, 0.1) is 18.0 Å². The van der Waals surface area contributed by atoms with Crippen LogP contribution in [0.25, 0.3) is 0 Å². The number of aryl methyl sites for hydroxylation is 1. The smallest absolute Gasteiger partial charge is 0.173 e. The molecule has 2 aromatic rings. The van der Waals surface area contributed by atoms with Crippen LogP contribution in [0.5, 0.6) is 11.5 Å². The zero-order valence-electron chi connectivity index (χ0n) is 9.97. The minimum atomic E-state index is -0.567. The second kappa shape index (κ2) is 5.44. The zero-order chi connectivity index (χ0) is 13.0. The molecule has 0 N–H and O–H groups in total. The fourth-order valence-corrected chi connectivity index (χ4v) is 1.59. The molecular formula is C13H13FN2O2. The molecule has 0 aliphatic carbocycles. The summed E-state index contributed by atoms with van der Waals surface area (Å²) >= 11 is 0. The number of hydrogen-bond acceptors (Lipinski definition) is 3. The molecule has 18 heavy (non-hydrogen) atoms. The maximum atomic E-state index is 13.6. The van der Waals surface area contributed by atoms with Crippen LogP contribution in [0.2, 0.25) is 0 Å². The van der Waals surface area contributed by atoms with Crippen molar-refractivity contribution in [1.82, 2.24) is 9.78 Å². The quantitative estimate of drug-likeness (QED) is 0.764. The summed E-state index contributed by atoms with van der Waals surface area (Å²) in [6, 6.07) is 4.22. The van der Waals surface area contributed by atoms with Crippen molar-refractivity contribution >= 4 is 6.29 Å². The number of ether oxygens (including phenoxy) is 1. The maximum absolute atomic E-state index is 13.6. The summed E-state index contributed by atoms with van der Waals surface area (Å²) < 4.78 is 20.6. The normalized spacial score (nSPS) is 10.3. The highest BCUT2D eigenvalue weighted by Gasteiger charge is 2.11. The van der Waals surface area contributed by atoms with Gasteiger partial charge in [0.15, 0.2) is 23.6 Å². The van der Waals surface area contributed by atoms with Gasteiger partial charge < -0.3 is 4.74 Å². The van der Waals surface area contributed by atoms with E-state index in [0.29, 0.717) is 12.0 Å². The maximum Gasteiger partial charge on any atom is 0.173 e. The Hall–Kier alpha value is -2.17. The summed E-state index contributed by atoms with van der Waals surface area (Å²) in [5.41, 5.74) is 0.179. The van der Waals surface area contributed by atoms with Crippen LogP contribution >= 0.6 is 0 Å². The van der Waals surface area contributed by atoms with Crippen LogP contribution in [-0.4, -0.2) is 16.1 Å². The van der Waals surface area contributed by atoms with Crippen LogP contribution in [0.1, 0.15) is 23.7 Å². The largest absolute Gasteiger partial charge is 0.450 e. The minimum absolute atomic E-state index is 0.0662. The van der Waals surface area contributed by atoms with Crippen molar-refractivity contribution in [3.05, 3.63) is 42.0 Å². The van der Waals surface area contributed by atoms with Crippen LogP contribution in [0.3, 0.4) is 0 Å².